The van der Waals surface area contributed by atoms with Gasteiger partial charge in [0, 0.05) is 69.8 Å². The summed E-state index contributed by atoms with van der Waals surface area (Å²) >= 11 is 0. The van der Waals surface area contributed by atoms with Gasteiger partial charge >= 0.3 is 6.03 Å². The zero-order valence-electron chi connectivity index (χ0n) is 14.4. The van der Waals surface area contributed by atoms with E-state index in [1.54, 1.807) is 12.4 Å². The van der Waals surface area contributed by atoms with Crippen LogP contribution in [-0.4, -0.2) is 86.9 Å². The van der Waals surface area contributed by atoms with Crippen LogP contribution in [0.5, 0.6) is 0 Å². The number of aromatic nitrogens is 1. The Kier molecular flexibility index (Phi) is 5.87. The Morgan fingerprint density at radius 2 is 2.00 bits per heavy atom. The second-order valence-electron chi connectivity index (χ2n) is 6.57. The fourth-order valence-corrected chi connectivity index (χ4v) is 3.24. The molecule has 24 heavy (non-hydrogen) atoms. The van der Waals surface area contributed by atoms with Gasteiger partial charge in [-0.3, -0.25) is 4.98 Å². The van der Waals surface area contributed by atoms with Gasteiger partial charge in [0.05, 0.1) is 13.2 Å². The minimum absolute atomic E-state index is 0.0382. The molecule has 0 radical (unpaired) electrons. The number of likely N-dealkylation sites (N-methyl/N-ethyl adjacent to an activating group) is 1. The maximum Gasteiger partial charge on any atom is 0.317 e. The molecule has 1 N–H and O–H groups in total. The number of pyridine rings is 1. The van der Waals surface area contributed by atoms with Crippen molar-refractivity contribution >= 4 is 11.7 Å². The van der Waals surface area contributed by atoms with Gasteiger partial charge in [-0.2, -0.15) is 0 Å². The molecule has 0 saturated carbocycles. The highest BCUT2D eigenvalue weighted by Gasteiger charge is 2.22. The van der Waals surface area contributed by atoms with Gasteiger partial charge < -0.3 is 24.8 Å². The van der Waals surface area contributed by atoms with Crippen LogP contribution in [0, 0.1) is 5.92 Å². The lowest BCUT2D eigenvalue weighted by Crippen LogP contribution is -2.52. The lowest BCUT2D eigenvalue weighted by atomic mass is 10.1. The molecule has 2 amide bonds. The molecule has 1 aromatic heterocycles. The number of hydrogen-bond donors (Lipinski definition) is 1. The SMILES string of the molecule is CN1CCOCC(CNC(=O)N2CCN(c3ccncc3)CC2)C1. The van der Waals surface area contributed by atoms with Crippen molar-refractivity contribution in [1.29, 1.82) is 0 Å². The molecule has 3 rings (SSSR count). The Bertz CT molecular complexity index is 519. The number of anilines is 1. The zero-order valence-corrected chi connectivity index (χ0v) is 14.4. The lowest BCUT2D eigenvalue weighted by Gasteiger charge is -2.36. The number of urea groups is 1. The predicted octanol–water partition coefficient (Wildman–Crippen LogP) is 0.491. The van der Waals surface area contributed by atoms with E-state index in [4.69, 9.17) is 4.74 Å². The first kappa shape index (κ1) is 17.0. The summed E-state index contributed by atoms with van der Waals surface area (Å²) in [5.41, 5.74) is 1.17. The highest BCUT2D eigenvalue weighted by Crippen LogP contribution is 2.14. The molecule has 0 aliphatic carbocycles. The van der Waals surface area contributed by atoms with E-state index >= 15 is 0 Å². The largest absolute Gasteiger partial charge is 0.380 e. The van der Waals surface area contributed by atoms with Crippen LogP contribution in [0.3, 0.4) is 0 Å². The topological polar surface area (TPSA) is 60.9 Å². The van der Waals surface area contributed by atoms with Gasteiger partial charge in [-0.1, -0.05) is 0 Å². The molecule has 2 saturated heterocycles. The second kappa shape index (κ2) is 8.30. The Hall–Kier alpha value is -1.86. The summed E-state index contributed by atoms with van der Waals surface area (Å²) in [5, 5.41) is 3.08. The van der Waals surface area contributed by atoms with Crippen LogP contribution < -0.4 is 10.2 Å². The summed E-state index contributed by atoms with van der Waals surface area (Å²) in [4.78, 5) is 22.9. The molecule has 1 atom stereocenters. The van der Waals surface area contributed by atoms with E-state index in [0.717, 1.165) is 52.5 Å². The fraction of sp³-hybridized carbons (Fsp3) is 0.647. The van der Waals surface area contributed by atoms with Crippen LogP contribution in [0.4, 0.5) is 10.5 Å². The Morgan fingerprint density at radius 3 is 2.75 bits per heavy atom. The molecule has 2 fully saturated rings. The molecule has 7 heteroatoms. The van der Waals surface area contributed by atoms with E-state index in [0.29, 0.717) is 12.5 Å². The molecule has 1 aromatic rings. The number of ether oxygens (including phenoxy) is 1. The number of hydrogen-bond acceptors (Lipinski definition) is 5. The number of nitrogens with one attached hydrogen (secondary N) is 1. The van der Waals surface area contributed by atoms with Gasteiger partial charge in [0.15, 0.2) is 0 Å². The number of carbonyl (C=O) groups is 1. The number of piperazine rings is 1. The van der Waals surface area contributed by atoms with E-state index < -0.39 is 0 Å². The van der Waals surface area contributed by atoms with Gasteiger partial charge in [0.1, 0.15) is 0 Å². The molecule has 2 aliphatic rings. The standard InChI is InChI=1S/C17H27N5O2/c1-20-10-11-24-14-15(13-20)12-19-17(23)22-8-6-21(7-9-22)16-2-4-18-5-3-16/h2-5,15H,6-14H2,1H3,(H,19,23). The number of rotatable bonds is 3. The Balaban J connectivity index is 1.42. The molecular weight excluding hydrogens is 306 g/mol. The first-order valence-electron chi connectivity index (χ1n) is 8.66. The van der Waals surface area contributed by atoms with E-state index in [9.17, 15) is 4.79 Å². The van der Waals surface area contributed by atoms with Crippen molar-refractivity contribution in [1.82, 2.24) is 20.1 Å². The summed E-state index contributed by atoms with van der Waals surface area (Å²) in [6, 6.07) is 4.06. The van der Waals surface area contributed by atoms with Crippen LogP contribution >= 0.6 is 0 Å². The maximum atomic E-state index is 12.4. The highest BCUT2D eigenvalue weighted by molar-refractivity contribution is 5.74. The van der Waals surface area contributed by atoms with Crippen LogP contribution in [-0.2, 0) is 4.74 Å². The van der Waals surface area contributed by atoms with E-state index in [2.05, 4.69) is 27.1 Å². The number of amides is 2. The summed E-state index contributed by atoms with van der Waals surface area (Å²) in [6.07, 6.45) is 3.61. The first-order valence-corrected chi connectivity index (χ1v) is 8.66. The fourth-order valence-electron chi connectivity index (χ4n) is 3.24. The molecule has 7 nitrogen and oxygen atoms in total. The molecule has 0 aromatic carbocycles. The van der Waals surface area contributed by atoms with E-state index in [1.807, 2.05) is 17.0 Å². The van der Waals surface area contributed by atoms with Gasteiger partial charge in [0.25, 0.3) is 0 Å². The van der Waals surface area contributed by atoms with Crippen molar-refractivity contribution in [2.75, 3.05) is 71.0 Å². The number of nitrogens with zero attached hydrogens (tertiary/aromatic N) is 4. The summed E-state index contributed by atoms with van der Waals surface area (Å²) in [7, 11) is 2.10. The zero-order chi connectivity index (χ0) is 16.8. The summed E-state index contributed by atoms with van der Waals surface area (Å²) in [5.74, 6) is 0.361. The van der Waals surface area contributed by atoms with Crippen molar-refractivity contribution in [2.45, 2.75) is 0 Å². The van der Waals surface area contributed by atoms with E-state index in [-0.39, 0.29) is 6.03 Å². The quantitative estimate of drug-likeness (QED) is 0.872. The summed E-state index contributed by atoms with van der Waals surface area (Å²) < 4.78 is 5.60. The number of carbonyl (C=O) groups excluding carboxylic acids is 1. The van der Waals surface area contributed by atoms with Crippen molar-refractivity contribution in [3.63, 3.8) is 0 Å². The van der Waals surface area contributed by atoms with Crippen molar-refractivity contribution in [3.8, 4) is 0 Å². The monoisotopic (exact) mass is 333 g/mol. The molecular formula is C17H27N5O2. The van der Waals surface area contributed by atoms with Gasteiger partial charge in [-0.05, 0) is 19.2 Å². The minimum Gasteiger partial charge on any atom is -0.380 e. The minimum atomic E-state index is 0.0382. The Labute approximate surface area is 143 Å². The lowest BCUT2D eigenvalue weighted by molar-refractivity contribution is 0.121. The average molecular weight is 333 g/mol. The molecule has 132 valence electrons. The van der Waals surface area contributed by atoms with E-state index in [1.165, 1.54) is 5.69 Å². The van der Waals surface area contributed by atoms with Gasteiger partial charge in [0.2, 0.25) is 0 Å². The van der Waals surface area contributed by atoms with Crippen molar-refractivity contribution in [2.24, 2.45) is 5.92 Å². The maximum absolute atomic E-state index is 12.4. The Morgan fingerprint density at radius 1 is 1.25 bits per heavy atom. The van der Waals surface area contributed by atoms with Crippen molar-refractivity contribution in [3.05, 3.63) is 24.5 Å². The van der Waals surface area contributed by atoms with Crippen LogP contribution in [0.2, 0.25) is 0 Å². The van der Waals surface area contributed by atoms with Crippen LogP contribution in [0.25, 0.3) is 0 Å². The van der Waals surface area contributed by atoms with Gasteiger partial charge in [-0.25, -0.2) is 4.79 Å². The molecule has 3 heterocycles. The second-order valence-corrected chi connectivity index (χ2v) is 6.57. The molecule has 0 bridgehead atoms. The average Bonchev–Trinajstić information content (AvgIpc) is 2.84. The summed E-state index contributed by atoms with van der Waals surface area (Å²) in [6.45, 7) is 7.30. The van der Waals surface area contributed by atoms with Gasteiger partial charge in [-0.15, -0.1) is 0 Å². The first-order chi connectivity index (χ1) is 11.7. The molecule has 2 aliphatic heterocycles. The highest BCUT2D eigenvalue weighted by atomic mass is 16.5. The predicted molar refractivity (Wildman–Crippen MR) is 93.2 cm³/mol. The third-order valence-electron chi connectivity index (χ3n) is 4.68. The smallest absolute Gasteiger partial charge is 0.317 e. The normalized spacial score (nSPS) is 23.0. The molecule has 0 spiro atoms. The molecule has 1 unspecified atom stereocenters. The van der Waals surface area contributed by atoms with Crippen molar-refractivity contribution < 1.29 is 9.53 Å². The van der Waals surface area contributed by atoms with Crippen LogP contribution in [0.1, 0.15) is 0 Å². The third kappa shape index (κ3) is 4.58. The third-order valence-corrected chi connectivity index (χ3v) is 4.68. The van der Waals surface area contributed by atoms with Crippen LogP contribution in [0.15, 0.2) is 24.5 Å².